The molecule has 1 saturated carbocycles. The summed E-state index contributed by atoms with van der Waals surface area (Å²) in [4.78, 5) is 12.3. The summed E-state index contributed by atoms with van der Waals surface area (Å²) in [5, 5.41) is 2.89. The fraction of sp³-hybridized carbons (Fsp3) is 0.533. The molecule has 8 heteroatoms. The van der Waals surface area contributed by atoms with Crippen LogP contribution in [-0.2, 0) is 0 Å². The maximum atomic E-state index is 12.4. The first-order valence-electron chi connectivity index (χ1n) is 7.05. The summed E-state index contributed by atoms with van der Waals surface area (Å²) in [7, 11) is 1.34. The van der Waals surface area contributed by atoms with E-state index in [9.17, 15) is 13.6 Å². The second-order valence-electron chi connectivity index (χ2n) is 5.59. The second-order valence-corrected chi connectivity index (χ2v) is 5.59. The van der Waals surface area contributed by atoms with Crippen LogP contribution in [0.1, 0.15) is 30.1 Å². The lowest BCUT2D eigenvalue weighted by atomic mass is 9.95. The second kappa shape index (κ2) is 7.79. The first-order chi connectivity index (χ1) is 10.4. The van der Waals surface area contributed by atoms with Gasteiger partial charge in [-0.2, -0.15) is 8.78 Å². The van der Waals surface area contributed by atoms with Crippen molar-refractivity contribution in [2.24, 2.45) is 11.7 Å². The van der Waals surface area contributed by atoms with E-state index in [2.05, 4.69) is 10.1 Å². The lowest BCUT2D eigenvalue weighted by molar-refractivity contribution is -0.0512. The van der Waals surface area contributed by atoms with Gasteiger partial charge < -0.3 is 20.5 Å². The van der Waals surface area contributed by atoms with Crippen molar-refractivity contribution in [3.05, 3.63) is 23.8 Å². The van der Waals surface area contributed by atoms with Crippen LogP contribution in [-0.4, -0.2) is 31.7 Å². The van der Waals surface area contributed by atoms with E-state index >= 15 is 0 Å². The molecule has 5 nitrogen and oxygen atoms in total. The van der Waals surface area contributed by atoms with E-state index in [0.717, 1.165) is 12.8 Å². The van der Waals surface area contributed by atoms with E-state index in [4.69, 9.17) is 10.5 Å². The van der Waals surface area contributed by atoms with Crippen LogP contribution >= 0.6 is 12.4 Å². The Labute approximate surface area is 139 Å². The smallest absolute Gasteiger partial charge is 0.387 e. The van der Waals surface area contributed by atoms with E-state index < -0.39 is 12.2 Å². The Morgan fingerprint density at radius 2 is 2.09 bits per heavy atom. The number of benzene rings is 1. The van der Waals surface area contributed by atoms with Gasteiger partial charge in [0.25, 0.3) is 5.91 Å². The number of carbonyl (C=O) groups is 1. The molecule has 1 amide bonds. The molecule has 1 aromatic rings. The number of hydrogen-bond donors (Lipinski definition) is 2. The number of alkyl halides is 2. The molecule has 23 heavy (non-hydrogen) atoms. The molecule has 1 atom stereocenters. The molecule has 3 N–H and O–H groups in total. The van der Waals surface area contributed by atoms with Gasteiger partial charge in [0.1, 0.15) is 0 Å². The van der Waals surface area contributed by atoms with Crippen molar-refractivity contribution in [3.63, 3.8) is 0 Å². The zero-order valence-electron chi connectivity index (χ0n) is 13.0. The summed E-state index contributed by atoms with van der Waals surface area (Å²) in [6.45, 7) is -0.782. The van der Waals surface area contributed by atoms with Crippen molar-refractivity contribution in [2.45, 2.75) is 31.9 Å². The Bertz CT molecular complexity index is 556. The van der Waals surface area contributed by atoms with E-state index in [0.29, 0.717) is 12.5 Å². The number of rotatable bonds is 7. The van der Waals surface area contributed by atoms with Gasteiger partial charge in [0.15, 0.2) is 11.5 Å². The summed E-state index contributed by atoms with van der Waals surface area (Å²) in [5.41, 5.74) is 5.49. The molecule has 1 aliphatic carbocycles. The van der Waals surface area contributed by atoms with Gasteiger partial charge in [-0.15, -0.1) is 12.4 Å². The molecule has 130 valence electrons. The van der Waals surface area contributed by atoms with Crippen molar-refractivity contribution in [1.82, 2.24) is 5.32 Å². The molecule has 0 aliphatic heterocycles. The average Bonchev–Trinajstić information content (AvgIpc) is 3.31. The fourth-order valence-electron chi connectivity index (χ4n) is 2.38. The molecule has 2 rings (SSSR count). The Balaban J connectivity index is 0.00000264. The number of nitrogens with one attached hydrogen (secondary N) is 1. The van der Waals surface area contributed by atoms with Crippen LogP contribution in [0.15, 0.2) is 18.2 Å². The highest BCUT2D eigenvalue weighted by molar-refractivity contribution is 5.95. The van der Waals surface area contributed by atoms with Gasteiger partial charge >= 0.3 is 6.61 Å². The molecule has 0 saturated heterocycles. The summed E-state index contributed by atoms with van der Waals surface area (Å²) in [5.74, 6) is -0.0512. The molecular formula is C15H21ClF2N2O3. The number of hydrogen-bond acceptors (Lipinski definition) is 4. The van der Waals surface area contributed by atoms with Crippen LogP contribution < -0.4 is 20.5 Å². The first kappa shape index (κ1) is 19.4. The van der Waals surface area contributed by atoms with Crippen molar-refractivity contribution in [2.75, 3.05) is 13.7 Å². The molecule has 0 heterocycles. The van der Waals surface area contributed by atoms with Gasteiger partial charge in [0.05, 0.1) is 12.6 Å². The molecule has 1 aromatic carbocycles. The summed E-state index contributed by atoms with van der Waals surface area (Å²) in [6.07, 6.45) is 2.05. The number of carbonyl (C=O) groups excluding carboxylic acids is 1. The zero-order valence-corrected chi connectivity index (χ0v) is 13.8. The normalized spacial score (nSPS) is 16.3. The highest BCUT2D eigenvalue weighted by Gasteiger charge is 2.41. The summed E-state index contributed by atoms with van der Waals surface area (Å²) in [6, 6.07) is 4.16. The van der Waals surface area contributed by atoms with Crippen LogP contribution in [0, 0.1) is 5.92 Å². The lowest BCUT2D eigenvalue weighted by Gasteiger charge is -2.29. The summed E-state index contributed by atoms with van der Waals surface area (Å²) < 4.78 is 34.2. The van der Waals surface area contributed by atoms with E-state index in [1.807, 2.05) is 6.92 Å². The topological polar surface area (TPSA) is 73.6 Å². The van der Waals surface area contributed by atoms with Crippen molar-refractivity contribution in [3.8, 4) is 11.5 Å². The number of amides is 1. The van der Waals surface area contributed by atoms with Gasteiger partial charge in [0, 0.05) is 12.1 Å². The highest BCUT2D eigenvalue weighted by Crippen LogP contribution is 2.39. The predicted molar refractivity (Wildman–Crippen MR) is 84.5 cm³/mol. The summed E-state index contributed by atoms with van der Waals surface area (Å²) >= 11 is 0. The average molecular weight is 351 g/mol. The third-order valence-electron chi connectivity index (χ3n) is 3.94. The highest BCUT2D eigenvalue weighted by atomic mass is 35.5. The monoisotopic (exact) mass is 350 g/mol. The minimum atomic E-state index is -2.99. The maximum Gasteiger partial charge on any atom is 0.387 e. The van der Waals surface area contributed by atoms with Crippen LogP contribution in [0.3, 0.4) is 0 Å². The molecule has 1 unspecified atom stereocenters. The molecule has 0 spiro atoms. The first-order valence-corrected chi connectivity index (χ1v) is 7.05. The Morgan fingerprint density at radius 1 is 1.43 bits per heavy atom. The van der Waals surface area contributed by atoms with Crippen LogP contribution in [0.4, 0.5) is 8.78 Å². The minimum absolute atomic E-state index is 0. The van der Waals surface area contributed by atoms with Crippen LogP contribution in [0.2, 0.25) is 0 Å². The van der Waals surface area contributed by atoms with E-state index in [1.165, 1.54) is 25.3 Å². The minimum Gasteiger partial charge on any atom is -0.493 e. The van der Waals surface area contributed by atoms with Gasteiger partial charge in [0.2, 0.25) is 0 Å². The van der Waals surface area contributed by atoms with Crippen LogP contribution in [0.25, 0.3) is 0 Å². The van der Waals surface area contributed by atoms with Crippen molar-refractivity contribution < 1.29 is 23.0 Å². The zero-order chi connectivity index (χ0) is 16.3. The molecule has 1 aliphatic rings. The molecule has 0 aromatic heterocycles. The number of nitrogens with two attached hydrogens (primary N) is 1. The van der Waals surface area contributed by atoms with Crippen molar-refractivity contribution >= 4 is 18.3 Å². The quantitative estimate of drug-likeness (QED) is 0.792. The standard InChI is InChI=1S/C15H20F2N2O3.ClH/c1-15(8-18,10-4-5-10)19-13(20)9-3-6-11(21-2)12(7-9)22-14(16)17;/h3,6-7,10,14H,4-5,8,18H2,1-2H3,(H,19,20);1H. The van der Waals surface area contributed by atoms with E-state index in [1.54, 1.807) is 0 Å². The van der Waals surface area contributed by atoms with Gasteiger partial charge in [-0.3, -0.25) is 4.79 Å². The maximum absolute atomic E-state index is 12.4. The van der Waals surface area contributed by atoms with Gasteiger partial charge in [-0.25, -0.2) is 0 Å². The Kier molecular flexibility index (Phi) is 6.58. The number of methoxy groups -OCH3 is 1. The van der Waals surface area contributed by atoms with E-state index in [-0.39, 0.29) is 35.4 Å². The lowest BCUT2D eigenvalue weighted by Crippen LogP contribution is -2.53. The number of ether oxygens (including phenoxy) is 2. The molecule has 0 radical (unpaired) electrons. The Hall–Kier alpha value is -1.60. The van der Waals surface area contributed by atoms with Crippen LogP contribution in [0.5, 0.6) is 11.5 Å². The van der Waals surface area contributed by atoms with Crippen molar-refractivity contribution in [1.29, 1.82) is 0 Å². The largest absolute Gasteiger partial charge is 0.493 e. The predicted octanol–water partition coefficient (Wildman–Crippen LogP) is 2.58. The fourth-order valence-corrected chi connectivity index (χ4v) is 2.38. The third-order valence-corrected chi connectivity index (χ3v) is 3.94. The third kappa shape index (κ3) is 4.68. The molecule has 0 bridgehead atoms. The molecular weight excluding hydrogens is 330 g/mol. The SMILES string of the molecule is COc1ccc(C(=O)NC(C)(CN)C2CC2)cc1OC(F)F.Cl. The number of halogens is 3. The van der Waals surface area contributed by atoms with Gasteiger partial charge in [-0.05, 0) is 43.9 Å². The molecule has 1 fully saturated rings. The Morgan fingerprint density at radius 3 is 2.57 bits per heavy atom. The van der Waals surface area contributed by atoms with Gasteiger partial charge in [-0.1, -0.05) is 0 Å².